The molecule has 0 N–H and O–H groups in total. The number of anilines is 1. The van der Waals surface area contributed by atoms with Gasteiger partial charge >= 0.3 is 7.60 Å². The Balaban J connectivity index is 2.12. The highest BCUT2D eigenvalue weighted by Gasteiger charge is 2.69. The summed E-state index contributed by atoms with van der Waals surface area (Å²) in [5.74, 6) is -0.247. The topological polar surface area (TPSA) is 55.8 Å². The number of carbonyl (C=O) groups is 1. The van der Waals surface area contributed by atoms with Gasteiger partial charge in [0.2, 0.25) is 5.91 Å². The highest BCUT2D eigenvalue weighted by molar-refractivity contribution is 7.57. The van der Waals surface area contributed by atoms with Crippen molar-refractivity contribution in [3.8, 4) is 0 Å². The van der Waals surface area contributed by atoms with Gasteiger partial charge in [-0.25, -0.2) is 0 Å². The lowest BCUT2D eigenvalue weighted by molar-refractivity contribution is -0.128. The van der Waals surface area contributed by atoms with E-state index in [-0.39, 0.29) is 19.1 Å². The van der Waals surface area contributed by atoms with Crippen molar-refractivity contribution in [3.05, 3.63) is 66.2 Å². The van der Waals surface area contributed by atoms with Crippen molar-refractivity contribution in [2.45, 2.75) is 32.0 Å². The quantitative estimate of drug-likeness (QED) is 0.517. The van der Waals surface area contributed by atoms with Gasteiger partial charge in [0, 0.05) is 5.69 Å². The third-order valence-electron chi connectivity index (χ3n) is 4.76. The zero-order valence-corrected chi connectivity index (χ0v) is 16.2. The van der Waals surface area contributed by atoms with E-state index in [2.05, 4.69) is 0 Å². The lowest BCUT2D eigenvalue weighted by Crippen LogP contribution is -2.67. The smallest absolute Gasteiger partial charge is 0.308 e. The Morgan fingerprint density at radius 1 is 0.962 bits per heavy atom. The summed E-state index contributed by atoms with van der Waals surface area (Å²) in [4.78, 5) is 14.9. The van der Waals surface area contributed by atoms with Gasteiger partial charge in [0.25, 0.3) is 0 Å². The van der Waals surface area contributed by atoms with Crippen LogP contribution in [-0.2, 0) is 18.4 Å². The summed E-state index contributed by atoms with van der Waals surface area (Å²) in [6, 6.07) is 18.6. The van der Waals surface area contributed by atoms with Crippen molar-refractivity contribution in [2.24, 2.45) is 0 Å². The molecule has 1 heterocycles. The summed E-state index contributed by atoms with van der Waals surface area (Å²) in [7, 11) is -3.66. The van der Waals surface area contributed by atoms with Crippen LogP contribution >= 0.6 is 7.60 Å². The van der Waals surface area contributed by atoms with Gasteiger partial charge < -0.3 is 13.9 Å². The van der Waals surface area contributed by atoms with Crippen LogP contribution in [0.1, 0.15) is 32.4 Å². The molecule has 0 bridgehead atoms. The molecule has 0 spiro atoms. The average Bonchev–Trinajstić information content (AvgIpc) is 2.66. The van der Waals surface area contributed by atoms with Crippen molar-refractivity contribution < 1.29 is 18.4 Å². The monoisotopic (exact) mass is 373 g/mol. The molecule has 0 radical (unpaired) electrons. The maximum atomic E-state index is 13.6. The molecule has 0 aromatic heterocycles. The molecule has 1 fully saturated rings. The van der Waals surface area contributed by atoms with E-state index in [9.17, 15) is 9.36 Å². The molecule has 26 heavy (non-hydrogen) atoms. The largest absolute Gasteiger partial charge is 0.348 e. The molecule has 0 unspecified atom stereocenters. The van der Waals surface area contributed by atoms with Crippen LogP contribution in [0.3, 0.4) is 0 Å². The number of rotatable bonds is 7. The minimum atomic E-state index is -3.66. The fraction of sp³-hybridized carbons (Fsp3) is 0.350. The predicted molar refractivity (Wildman–Crippen MR) is 102 cm³/mol. The summed E-state index contributed by atoms with van der Waals surface area (Å²) in [6.45, 7) is 5.63. The van der Waals surface area contributed by atoms with Gasteiger partial charge in [-0.1, -0.05) is 48.5 Å². The van der Waals surface area contributed by atoms with Gasteiger partial charge in [-0.3, -0.25) is 9.36 Å². The number of carbonyl (C=O) groups excluding carboxylic acids is 1. The molecule has 1 saturated heterocycles. The Hall–Kier alpha value is -1.94. The molecule has 138 valence electrons. The van der Waals surface area contributed by atoms with Crippen LogP contribution in [-0.4, -0.2) is 24.3 Å². The molecule has 1 aliphatic rings. The third kappa shape index (κ3) is 2.81. The summed E-state index contributed by atoms with van der Waals surface area (Å²) in [5, 5.41) is -1.27. The maximum Gasteiger partial charge on any atom is 0.348 e. The molecule has 1 amide bonds. The van der Waals surface area contributed by atoms with Crippen molar-refractivity contribution >= 4 is 19.2 Å². The van der Waals surface area contributed by atoms with Crippen LogP contribution in [0.4, 0.5) is 5.69 Å². The molecule has 5 nitrogen and oxygen atoms in total. The SMILES string of the molecule is CCOP(=O)(OCC)[C@]1(C)C(=O)N(c2ccccc2)[C@H]1c1ccccc1. The van der Waals surface area contributed by atoms with Crippen LogP contribution in [0.15, 0.2) is 60.7 Å². The van der Waals surface area contributed by atoms with Crippen molar-refractivity contribution in [2.75, 3.05) is 18.1 Å². The fourth-order valence-electron chi connectivity index (χ4n) is 3.54. The van der Waals surface area contributed by atoms with E-state index in [1.165, 1.54) is 0 Å². The number of para-hydroxylation sites is 1. The number of hydrogen-bond acceptors (Lipinski definition) is 4. The second kappa shape index (κ2) is 7.36. The van der Waals surface area contributed by atoms with Gasteiger partial charge in [0.15, 0.2) is 5.16 Å². The van der Waals surface area contributed by atoms with Crippen LogP contribution in [0, 0.1) is 0 Å². The van der Waals surface area contributed by atoms with E-state index in [1.54, 1.807) is 25.7 Å². The first-order valence-electron chi connectivity index (χ1n) is 8.82. The molecule has 1 aliphatic heterocycles. The highest BCUT2D eigenvalue weighted by Crippen LogP contribution is 2.70. The summed E-state index contributed by atoms with van der Waals surface area (Å²) >= 11 is 0. The predicted octanol–water partition coefficient (Wildman–Crippen LogP) is 4.80. The Morgan fingerprint density at radius 2 is 1.46 bits per heavy atom. The first kappa shape index (κ1) is 18.8. The Bertz CT molecular complexity index is 801. The third-order valence-corrected chi connectivity index (χ3v) is 7.53. The van der Waals surface area contributed by atoms with E-state index in [0.29, 0.717) is 0 Å². The molecule has 2 aromatic rings. The van der Waals surface area contributed by atoms with Gasteiger partial charge in [-0.2, -0.15) is 0 Å². The van der Waals surface area contributed by atoms with E-state index in [1.807, 2.05) is 60.7 Å². The highest BCUT2D eigenvalue weighted by atomic mass is 31.2. The first-order valence-corrected chi connectivity index (χ1v) is 10.4. The molecular weight excluding hydrogens is 349 g/mol. The standard InChI is InChI=1S/C20H24NO4P/c1-4-24-26(23,25-5-2)20(3)18(16-12-8-6-9-13-16)21(19(20)22)17-14-10-7-11-15-17/h6-15,18H,4-5H2,1-3H3/t18-,20-/m0/s1. The van der Waals surface area contributed by atoms with Crippen molar-refractivity contribution in [3.63, 3.8) is 0 Å². The number of benzene rings is 2. The van der Waals surface area contributed by atoms with Crippen LogP contribution < -0.4 is 4.90 Å². The normalized spacial score (nSPS) is 23.0. The Morgan fingerprint density at radius 3 is 1.96 bits per heavy atom. The minimum absolute atomic E-state index is 0.215. The number of hydrogen-bond donors (Lipinski definition) is 0. The summed E-state index contributed by atoms with van der Waals surface area (Å²) in [5.41, 5.74) is 1.67. The van der Waals surface area contributed by atoms with Crippen LogP contribution in [0.2, 0.25) is 0 Å². The molecule has 2 atom stereocenters. The number of nitrogens with zero attached hydrogens (tertiary/aromatic N) is 1. The van der Waals surface area contributed by atoms with Crippen molar-refractivity contribution in [1.29, 1.82) is 0 Å². The van der Waals surface area contributed by atoms with E-state index >= 15 is 0 Å². The molecule has 3 rings (SSSR count). The van der Waals surface area contributed by atoms with Crippen LogP contribution in [0.5, 0.6) is 0 Å². The molecule has 0 aliphatic carbocycles. The Kier molecular flexibility index (Phi) is 5.33. The van der Waals surface area contributed by atoms with E-state index in [0.717, 1.165) is 11.3 Å². The second-order valence-electron chi connectivity index (χ2n) is 6.30. The molecule has 0 saturated carbocycles. The number of amides is 1. The summed E-state index contributed by atoms with van der Waals surface area (Å²) < 4.78 is 24.7. The van der Waals surface area contributed by atoms with E-state index in [4.69, 9.17) is 9.05 Å². The second-order valence-corrected chi connectivity index (χ2v) is 8.74. The first-order chi connectivity index (χ1) is 12.5. The molecular formula is C20H24NO4P. The lowest BCUT2D eigenvalue weighted by atomic mass is 9.82. The lowest BCUT2D eigenvalue weighted by Gasteiger charge is -2.55. The van der Waals surface area contributed by atoms with Gasteiger partial charge in [0.05, 0.1) is 19.3 Å². The zero-order valence-electron chi connectivity index (χ0n) is 15.3. The maximum absolute atomic E-state index is 13.6. The van der Waals surface area contributed by atoms with Gasteiger partial charge in [-0.05, 0) is 38.5 Å². The average molecular weight is 373 g/mol. The van der Waals surface area contributed by atoms with Gasteiger partial charge in [-0.15, -0.1) is 0 Å². The zero-order chi connectivity index (χ0) is 18.8. The fourth-order valence-corrected chi connectivity index (χ4v) is 5.74. The minimum Gasteiger partial charge on any atom is -0.308 e. The van der Waals surface area contributed by atoms with Crippen LogP contribution in [0.25, 0.3) is 0 Å². The van der Waals surface area contributed by atoms with E-state index < -0.39 is 18.8 Å². The molecule has 2 aromatic carbocycles. The summed E-state index contributed by atoms with van der Waals surface area (Å²) in [6.07, 6.45) is 0. The molecule has 6 heteroatoms. The number of β-lactam (4-membered cyclic amide) rings is 1. The van der Waals surface area contributed by atoms with Gasteiger partial charge in [0.1, 0.15) is 0 Å². The van der Waals surface area contributed by atoms with Crippen molar-refractivity contribution in [1.82, 2.24) is 0 Å². The Labute approximate surface area is 154 Å².